The number of H-pyrrole nitrogens is 1. The summed E-state index contributed by atoms with van der Waals surface area (Å²) in [7, 11) is 0. The third kappa shape index (κ3) is 8.20. The molecule has 1 saturated heterocycles. The van der Waals surface area contributed by atoms with Gasteiger partial charge in [-0.05, 0) is 113 Å². The number of carbonyl (C=O) groups is 2. The fraction of sp³-hybridized carbons (Fsp3) is 0.703. The van der Waals surface area contributed by atoms with Crippen LogP contribution in [0.15, 0.2) is 24.4 Å². The van der Waals surface area contributed by atoms with E-state index in [9.17, 15) is 9.59 Å². The Hall–Kier alpha value is -2.51. The SMILES string of the molecule is CC.CCC(=O)CCCCCCc1ncc(-c2ccc3c(c2)C(CC)N(CCCCN2CCC4(CC2)C[C@@H]4C(N)=O)C3C)[nH]1. The van der Waals surface area contributed by atoms with Crippen molar-refractivity contribution in [2.75, 3.05) is 26.2 Å². The van der Waals surface area contributed by atoms with Crippen molar-refractivity contribution in [1.29, 1.82) is 0 Å². The fourth-order valence-electron chi connectivity index (χ4n) is 7.78. The van der Waals surface area contributed by atoms with Crippen LogP contribution >= 0.6 is 0 Å². The number of likely N-dealkylation sites (tertiary alicyclic amines) is 1. The molecule has 3 heterocycles. The van der Waals surface area contributed by atoms with Gasteiger partial charge in [0.2, 0.25) is 5.91 Å². The molecule has 1 saturated carbocycles. The number of aromatic amines is 1. The van der Waals surface area contributed by atoms with E-state index in [-0.39, 0.29) is 17.2 Å². The first-order chi connectivity index (χ1) is 21.3. The number of Topliss-reactive ketones (excluding diaryl/α,β-unsaturated/α-hetero) is 1. The van der Waals surface area contributed by atoms with Gasteiger partial charge in [0.05, 0.1) is 11.9 Å². The highest BCUT2D eigenvalue weighted by Crippen LogP contribution is 2.59. The molecule has 5 rings (SSSR count). The van der Waals surface area contributed by atoms with E-state index < -0.39 is 0 Å². The molecule has 3 N–H and O–H groups in total. The summed E-state index contributed by atoms with van der Waals surface area (Å²) in [5.74, 6) is 1.50. The van der Waals surface area contributed by atoms with Gasteiger partial charge in [0.1, 0.15) is 11.6 Å². The molecule has 2 unspecified atom stereocenters. The van der Waals surface area contributed by atoms with Gasteiger partial charge < -0.3 is 15.6 Å². The summed E-state index contributed by atoms with van der Waals surface area (Å²) in [6.07, 6.45) is 15.6. The summed E-state index contributed by atoms with van der Waals surface area (Å²) in [6.45, 7) is 15.2. The third-order valence-corrected chi connectivity index (χ3v) is 10.7. The Kier molecular flexibility index (Phi) is 12.6. The Labute approximate surface area is 266 Å². The fourth-order valence-corrected chi connectivity index (χ4v) is 7.78. The number of nitrogens with one attached hydrogen (secondary N) is 1. The van der Waals surface area contributed by atoms with Gasteiger partial charge in [-0.25, -0.2) is 4.98 Å². The smallest absolute Gasteiger partial charge is 0.221 e. The van der Waals surface area contributed by atoms with E-state index in [4.69, 9.17) is 5.73 Å². The molecule has 2 aliphatic heterocycles. The minimum absolute atomic E-state index is 0.0870. The van der Waals surface area contributed by atoms with Gasteiger partial charge >= 0.3 is 0 Å². The first-order valence-electron chi connectivity index (χ1n) is 17.8. The molecular formula is C37H59N5O2. The number of nitrogens with zero attached hydrogens (tertiary/aromatic N) is 3. The number of ketones is 1. The molecule has 1 aliphatic carbocycles. The number of amides is 1. The Bertz CT molecular complexity index is 1210. The molecule has 1 amide bonds. The predicted molar refractivity (Wildman–Crippen MR) is 180 cm³/mol. The van der Waals surface area contributed by atoms with Crippen molar-refractivity contribution in [2.24, 2.45) is 17.1 Å². The molecular weight excluding hydrogens is 546 g/mol. The summed E-state index contributed by atoms with van der Waals surface area (Å²) in [5, 5.41) is 0. The monoisotopic (exact) mass is 605 g/mol. The largest absolute Gasteiger partial charge is 0.369 e. The van der Waals surface area contributed by atoms with Crippen LogP contribution in [0, 0.1) is 11.3 Å². The van der Waals surface area contributed by atoms with Gasteiger partial charge in [-0.2, -0.15) is 0 Å². The zero-order chi connectivity index (χ0) is 31.7. The van der Waals surface area contributed by atoms with Crippen LogP contribution in [0.5, 0.6) is 0 Å². The van der Waals surface area contributed by atoms with Crippen LogP contribution in [-0.2, 0) is 16.0 Å². The molecule has 0 radical (unpaired) electrons. The maximum atomic E-state index is 11.6. The van der Waals surface area contributed by atoms with E-state index in [0.717, 1.165) is 102 Å². The van der Waals surface area contributed by atoms with Crippen molar-refractivity contribution in [2.45, 2.75) is 130 Å². The Balaban J connectivity index is 0.00000216. The van der Waals surface area contributed by atoms with Crippen molar-refractivity contribution in [1.82, 2.24) is 19.8 Å². The number of benzene rings is 1. The number of carbonyl (C=O) groups excluding carboxylic acids is 2. The Morgan fingerprint density at radius 2 is 1.73 bits per heavy atom. The topological polar surface area (TPSA) is 95.3 Å². The highest BCUT2D eigenvalue weighted by Gasteiger charge is 2.57. The number of primary amides is 1. The zero-order valence-electron chi connectivity index (χ0n) is 28.3. The van der Waals surface area contributed by atoms with Crippen molar-refractivity contribution < 1.29 is 9.59 Å². The van der Waals surface area contributed by atoms with Gasteiger partial charge in [-0.3, -0.25) is 14.5 Å². The van der Waals surface area contributed by atoms with Crippen LogP contribution in [0.3, 0.4) is 0 Å². The molecule has 1 aromatic heterocycles. The van der Waals surface area contributed by atoms with E-state index in [1.807, 2.05) is 27.0 Å². The van der Waals surface area contributed by atoms with Gasteiger partial charge in [0.15, 0.2) is 0 Å². The van der Waals surface area contributed by atoms with Gasteiger partial charge in [-0.1, -0.05) is 52.7 Å². The second-order valence-electron chi connectivity index (χ2n) is 13.3. The first-order valence-corrected chi connectivity index (χ1v) is 17.8. The van der Waals surface area contributed by atoms with E-state index in [1.54, 1.807) is 0 Å². The van der Waals surface area contributed by atoms with Crippen molar-refractivity contribution in [3.05, 3.63) is 41.3 Å². The summed E-state index contributed by atoms with van der Waals surface area (Å²) < 4.78 is 0. The zero-order valence-corrected chi connectivity index (χ0v) is 28.3. The quantitative estimate of drug-likeness (QED) is 0.191. The molecule has 244 valence electrons. The summed E-state index contributed by atoms with van der Waals surface area (Å²) in [6, 6.07) is 7.92. The van der Waals surface area contributed by atoms with E-state index in [0.29, 0.717) is 24.3 Å². The van der Waals surface area contributed by atoms with Crippen molar-refractivity contribution in [3.8, 4) is 11.3 Å². The minimum atomic E-state index is -0.0870. The van der Waals surface area contributed by atoms with Crippen LogP contribution in [0.4, 0.5) is 0 Å². The number of rotatable bonds is 16. The third-order valence-electron chi connectivity index (χ3n) is 10.7. The van der Waals surface area contributed by atoms with Crippen LogP contribution in [0.2, 0.25) is 0 Å². The second-order valence-corrected chi connectivity index (χ2v) is 13.3. The number of imidazole rings is 1. The lowest BCUT2D eigenvalue weighted by molar-refractivity contribution is -0.120. The van der Waals surface area contributed by atoms with Crippen molar-refractivity contribution in [3.63, 3.8) is 0 Å². The number of fused-ring (bicyclic) bond motifs is 1. The number of hydrogen-bond acceptors (Lipinski definition) is 5. The number of hydrogen-bond donors (Lipinski definition) is 2. The molecule has 2 fully saturated rings. The van der Waals surface area contributed by atoms with Crippen LogP contribution < -0.4 is 5.73 Å². The second kappa shape index (κ2) is 16.2. The average molecular weight is 606 g/mol. The van der Waals surface area contributed by atoms with E-state index >= 15 is 0 Å². The number of unbranched alkanes of at least 4 members (excludes halogenated alkanes) is 4. The van der Waals surface area contributed by atoms with Gasteiger partial charge in [0.25, 0.3) is 0 Å². The number of nitrogens with two attached hydrogens (primary N) is 1. The Morgan fingerprint density at radius 3 is 2.41 bits per heavy atom. The number of aryl methyl sites for hydroxylation is 1. The molecule has 7 nitrogen and oxygen atoms in total. The lowest BCUT2D eigenvalue weighted by Crippen LogP contribution is -2.37. The van der Waals surface area contributed by atoms with Crippen LogP contribution in [0.25, 0.3) is 11.3 Å². The average Bonchev–Trinajstić information content (AvgIpc) is 3.41. The molecule has 44 heavy (non-hydrogen) atoms. The first kappa shape index (κ1) is 34.4. The summed E-state index contributed by atoms with van der Waals surface area (Å²) in [5.41, 5.74) is 11.1. The lowest BCUT2D eigenvalue weighted by atomic mass is 9.90. The van der Waals surface area contributed by atoms with E-state index in [2.05, 4.69) is 51.8 Å². The minimum Gasteiger partial charge on any atom is -0.369 e. The van der Waals surface area contributed by atoms with E-state index in [1.165, 1.54) is 29.5 Å². The lowest BCUT2D eigenvalue weighted by Gasteiger charge is -2.33. The summed E-state index contributed by atoms with van der Waals surface area (Å²) >= 11 is 0. The molecule has 1 spiro atoms. The normalized spacial score (nSPS) is 22.4. The maximum Gasteiger partial charge on any atom is 0.221 e. The molecule has 3 atom stereocenters. The molecule has 7 heteroatoms. The molecule has 1 aromatic carbocycles. The maximum absolute atomic E-state index is 11.6. The summed E-state index contributed by atoms with van der Waals surface area (Å²) in [4.78, 5) is 36.6. The number of piperidine rings is 1. The standard InChI is InChI=1S/C35H53N5O2.C2H6/c1-4-27(41)12-8-6-7-9-13-33-37-24-31(38-33)26-14-15-28-25(3)40(32(5-2)29(28)22-26)19-11-10-18-39-20-16-35(17-21-39)23-30(35)34(36)42;1-2/h14-15,22,24-25,30,32H,4-13,16-21,23H2,1-3H3,(H2,36,42)(H,37,38);1-2H3/t25?,30-,32?;/m1./s1. The van der Waals surface area contributed by atoms with Crippen LogP contribution in [-0.4, -0.2) is 57.6 Å². The highest BCUT2D eigenvalue weighted by molar-refractivity contribution is 5.80. The molecule has 2 aromatic rings. The predicted octanol–water partition coefficient (Wildman–Crippen LogP) is 7.77. The van der Waals surface area contributed by atoms with Crippen LogP contribution in [0.1, 0.15) is 141 Å². The van der Waals surface area contributed by atoms with Crippen molar-refractivity contribution >= 4 is 11.7 Å². The molecule has 0 bridgehead atoms. The molecule has 3 aliphatic rings. The highest BCUT2D eigenvalue weighted by atomic mass is 16.1. The Morgan fingerprint density at radius 1 is 1.00 bits per heavy atom. The van der Waals surface area contributed by atoms with Gasteiger partial charge in [-0.15, -0.1) is 0 Å². The van der Waals surface area contributed by atoms with Gasteiger partial charge in [0, 0.05) is 37.3 Å². The number of aromatic nitrogens is 2.